The van der Waals surface area contributed by atoms with Crippen molar-refractivity contribution in [3.63, 3.8) is 0 Å². The van der Waals surface area contributed by atoms with Gasteiger partial charge in [0.2, 0.25) is 11.8 Å². The van der Waals surface area contributed by atoms with Crippen LogP contribution < -0.4 is 27.0 Å². The Hall–Kier alpha value is -3.47. The SMILES string of the molecule is CC(C)[C@H](NC(=O)CCOCCOCCOCCOCCNC(=O)OC1CC/C=C/CCC1)C(=O)N[C@@H](CCCNC(N)=O)C(=O)O. The molecule has 47 heavy (non-hydrogen) atoms. The van der Waals surface area contributed by atoms with Gasteiger partial charge < -0.3 is 55.8 Å². The van der Waals surface area contributed by atoms with Gasteiger partial charge in [-0.05, 0) is 50.9 Å². The summed E-state index contributed by atoms with van der Waals surface area (Å²) in [6.07, 6.45) is 8.93. The van der Waals surface area contributed by atoms with Crippen molar-refractivity contribution in [2.75, 3.05) is 65.9 Å². The van der Waals surface area contributed by atoms with Crippen LogP contribution in [0.5, 0.6) is 0 Å². The smallest absolute Gasteiger partial charge is 0.407 e. The van der Waals surface area contributed by atoms with Crippen LogP contribution in [-0.2, 0) is 38.1 Å². The average Bonchev–Trinajstić information content (AvgIpc) is 3.00. The number of ether oxygens (including phenoxy) is 5. The fourth-order valence-corrected chi connectivity index (χ4v) is 4.41. The number of allylic oxidation sites excluding steroid dienone is 2. The molecule has 0 heterocycles. The lowest BCUT2D eigenvalue weighted by molar-refractivity contribution is -0.142. The Morgan fingerprint density at radius 2 is 1.43 bits per heavy atom. The van der Waals surface area contributed by atoms with E-state index in [2.05, 4.69) is 33.4 Å². The van der Waals surface area contributed by atoms with Crippen molar-refractivity contribution in [2.24, 2.45) is 11.7 Å². The summed E-state index contributed by atoms with van der Waals surface area (Å²) in [6, 6.07) is -2.83. The second kappa shape index (κ2) is 26.6. The molecule has 0 aliphatic heterocycles. The van der Waals surface area contributed by atoms with E-state index in [1.807, 2.05) is 0 Å². The first-order chi connectivity index (χ1) is 22.6. The molecule has 5 amide bonds. The van der Waals surface area contributed by atoms with E-state index in [0.717, 1.165) is 32.1 Å². The first-order valence-corrected chi connectivity index (χ1v) is 16.4. The van der Waals surface area contributed by atoms with Gasteiger partial charge in [-0.1, -0.05) is 26.0 Å². The second-order valence-electron chi connectivity index (χ2n) is 11.3. The number of amides is 5. The Bertz CT molecular complexity index is 951. The number of rotatable bonds is 25. The largest absolute Gasteiger partial charge is 0.480 e. The Labute approximate surface area is 277 Å². The summed E-state index contributed by atoms with van der Waals surface area (Å²) in [5.74, 6) is -2.54. The zero-order chi connectivity index (χ0) is 34.7. The van der Waals surface area contributed by atoms with Gasteiger partial charge in [0.05, 0.1) is 52.9 Å². The van der Waals surface area contributed by atoms with Crippen molar-refractivity contribution in [3.8, 4) is 0 Å². The van der Waals surface area contributed by atoms with E-state index in [1.165, 1.54) is 0 Å². The molecule has 0 saturated carbocycles. The fourth-order valence-electron chi connectivity index (χ4n) is 4.41. The number of hydrogen-bond donors (Lipinski definition) is 6. The molecule has 0 saturated heterocycles. The maximum Gasteiger partial charge on any atom is 0.407 e. The van der Waals surface area contributed by atoms with Crippen LogP contribution in [-0.4, -0.2) is 119 Å². The fraction of sp³-hybridized carbons (Fsp3) is 0.774. The number of hydrogen-bond acceptors (Lipinski definition) is 10. The molecular formula is C31H55N5O11. The van der Waals surface area contributed by atoms with Crippen LogP contribution in [0.1, 0.15) is 65.2 Å². The molecule has 0 fully saturated rings. The van der Waals surface area contributed by atoms with Gasteiger partial charge in [-0.25, -0.2) is 14.4 Å². The number of carbonyl (C=O) groups is 5. The average molecular weight is 674 g/mol. The lowest BCUT2D eigenvalue weighted by Gasteiger charge is -2.24. The highest BCUT2D eigenvalue weighted by atomic mass is 16.6. The van der Waals surface area contributed by atoms with Crippen molar-refractivity contribution < 1.29 is 52.8 Å². The first-order valence-electron chi connectivity index (χ1n) is 16.4. The third-order valence-electron chi connectivity index (χ3n) is 6.95. The van der Waals surface area contributed by atoms with E-state index < -0.39 is 42.0 Å². The van der Waals surface area contributed by atoms with E-state index in [9.17, 15) is 29.1 Å². The predicted molar refractivity (Wildman–Crippen MR) is 172 cm³/mol. The molecular weight excluding hydrogens is 618 g/mol. The van der Waals surface area contributed by atoms with Crippen LogP contribution in [0, 0.1) is 5.92 Å². The lowest BCUT2D eigenvalue weighted by Crippen LogP contribution is -2.53. The lowest BCUT2D eigenvalue weighted by atomic mass is 10.0. The molecule has 1 aliphatic carbocycles. The predicted octanol–water partition coefficient (Wildman–Crippen LogP) is 1.22. The maximum absolute atomic E-state index is 12.7. The topological polar surface area (TPSA) is 226 Å². The van der Waals surface area contributed by atoms with Crippen molar-refractivity contribution >= 4 is 29.9 Å². The van der Waals surface area contributed by atoms with Crippen molar-refractivity contribution in [3.05, 3.63) is 12.2 Å². The molecule has 1 aliphatic rings. The Morgan fingerprint density at radius 1 is 0.809 bits per heavy atom. The summed E-state index contributed by atoms with van der Waals surface area (Å²) < 4.78 is 27.2. The van der Waals surface area contributed by atoms with Crippen LogP contribution in [0.4, 0.5) is 9.59 Å². The zero-order valence-corrected chi connectivity index (χ0v) is 27.8. The standard InChI is InChI=1S/C31H55N5O11/c1-23(2)27(28(38)35-25(29(39)40)11-8-13-33-30(32)41)36-26(37)12-15-43-17-19-45-21-22-46-20-18-44-16-14-34-31(42)47-24-9-6-4-3-5-7-10-24/h3-4,23-25,27H,5-22H2,1-2H3,(H,34,42)(H,35,38)(H,36,37)(H,39,40)(H3,32,33,41)/b4-3+/t24?,25-,27-/m0/s1. The maximum atomic E-state index is 12.7. The number of nitrogens with two attached hydrogens (primary N) is 1. The van der Waals surface area contributed by atoms with E-state index in [4.69, 9.17) is 29.4 Å². The highest BCUT2D eigenvalue weighted by Gasteiger charge is 2.28. The van der Waals surface area contributed by atoms with Crippen molar-refractivity contribution in [2.45, 2.75) is 83.4 Å². The summed E-state index contributed by atoms with van der Waals surface area (Å²) in [5, 5.41) is 19.6. The number of nitrogens with one attached hydrogen (secondary N) is 4. The van der Waals surface area contributed by atoms with E-state index in [0.29, 0.717) is 52.6 Å². The summed E-state index contributed by atoms with van der Waals surface area (Å²) in [7, 11) is 0. The summed E-state index contributed by atoms with van der Waals surface area (Å²) in [5.41, 5.74) is 4.98. The minimum atomic E-state index is -1.22. The molecule has 0 aromatic heterocycles. The first kappa shape index (κ1) is 41.6. The molecule has 0 aromatic rings. The van der Waals surface area contributed by atoms with Crippen LogP contribution in [0.3, 0.4) is 0 Å². The van der Waals surface area contributed by atoms with Gasteiger partial charge in [0.25, 0.3) is 0 Å². The van der Waals surface area contributed by atoms with Crippen LogP contribution >= 0.6 is 0 Å². The van der Waals surface area contributed by atoms with Gasteiger partial charge in [0, 0.05) is 19.5 Å². The van der Waals surface area contributed by atoms with E-state index in [1.54, 1.807) is 13.8 Å². The number of carbonyl (C=O) groups excluding carboxylic acids is 4. The number of alkyl carbamates (subject to hydrolysis) is 1. The minimum Gasteiger partial charge on any atom is -0.480 e. The van der Waals surface area contributed by atoms with E-state index >= 15 is 0 Å². The van der Waals surface area contributed by atoms with Gasteiger partial charge in [-0.15, -0.1) is 0 Å². The van der Waals surface area contributed by atoms with Gasteiger partial charge in [-0.3, -0.25) is 9.59 Å². The molecule has 0 bridgehead atoms. The van der Waals surface area contributed by atoms with Crippen LogP contribution in [0.25, 0.3) is 0 Å². The normalized spacial score (nSPS) is 16.6. The summed E-state index contributed by atoms with van der Waals surface area (Å²) >= 11 is 0. The molecule has 0 radical (unpaired) electrons. The van der Waals surface area contributed by atoms with Crippen molar-refractivity contribution in [1.29, 1.82) is 0 Å². The number of carboxylic acids is 1. The Morgan fingerprint density at radius 3 is 2.04 bits per heavy atom. The summed E-state index contributed by atoms with van der Waals surface area (Å²) in [6.45, 7) is 6.55. The molecule has 16 nitrogen and oxygen atoms in total. The Balaban J connectivity index is 2.03. The third kappa shape index (κ3) is 22.7. The van der Waals surface area contributed by atoms with Gasteiger partial charge >= 0.3 is 18.1 Å². The molecule has 1 unspecified atom stereocenters. The highest BCUT2D eigenvalue weighted by Crippen LogP contribution is 2.15. The third-order valence-corrected chi connectivity index (χ3v) is 6.95. The molecule has 3 atom stereocenters. The van der Waals surface area contributed by atoms with Gasteiger partial charge in [0.1, 0.15) is 18.2 Å². The zero-order valence-electron chi connectivity index (χ0n) is 27.8. The van der Waals surface area contributed by atoms with E-state index in [-0.39, 0.29) is 44.6 Å². The molecule has 7 N–H and O–H groups in total. The molecule has 1 rings (SSSR count). The van der Waals surface area contributed by atoms with Crippen LogP contribution in [0.15, 0.2) is 12.2 Å². The van der Waals surface area contributed by atoms with Gasteiger partial charge in [0.15, 0.2) is 0 Å². The number of aliphatic carboxylic acids is 1. The number of carboxylic acid groups (broad SMARTS) is 1. The summed E-state index contributed by atoms with van der Waals surface area (Å²) in [4.78, 5) is 59.3. The quantitative estimate of drug-likeness (QED) is 0.0597. The molecule has 16 heteroatoms. The molecule has 0 spiro atoms. The highest BCUT2D eigenvalue weighted by molar-refractivity contribution is 5.90. The van der Waals surface area contributed by atoms with Crippen LogP contribution in [0.2, 0.25) is 0 Å². The van der Waals surface area contributed by atoms with Crippen molar-refractivity contribution in [1.82, 2.24) is 21.3 Å². The molecule has 0 aromatic carbocycles. The Kier molecular flexibility index (Phi) is 23.5. The number of primary amides is 1. The van der Waals surface area contributed by atoms with Gasteiger partial charge in [-0.2, -0.15) is 0 Å². The number of urea groups is 1. The second-order valence-corrected chi connectivity index (χ2v) is 11.3. The minimum absolute atomic E-state index is 0.00972. The monoisotopic (exact) mass is 673 g/mol. The molecule has 270 valence electrons.